The van der Waals surface area contributed by atoms with E-state index < -0.39 is 19.9 Å². The number of ether oxygens (including phenoxy) is 2. The molecular weight excluding hydrogens is 241 g/mol. The highest BCUT2D eigenvalue weighted by molar-refractivity contribution is 6.13. The van der Waals surface area contributed by atoms with Crippen LogP contribution in [-0.2, 0) is 9.47 Å². The minimum atomic E-state index is -0.784. The molecule has 0 saturated heterocycles. The molecule has 0 heterocycles. The Hall–Kier alpha value is -2.06. The molecule has 8 heteroatoms. The largest absolute Gasteiger partial charge is 0.452 e. The molecule has 0 bridgehead atoms. The van der Waals surface area contributed by atoms with Crippen LogP contribution in [-0.4, -0.2) is 44.1 Å². The summed E-state index contributed by atoms with van der Waals surface area (Å²) in [5, 5.41) is 14.2. The summed E-state index contributed by atoms with van der Waals surface area (Å²) in [5.41, 5.74) is 0.399. The first-order chi connectivity index (χ1) is 8.62. The number of anilines is 1. The van der Waals surface area contributed by atoms with Gasteiger partial charge in [0.05, 0.1) is 19.9 Å². The molecule has 1 rings (SSSR count). The van der Waals surface area contributed by atoms with Crippen LogP contribution in [0.2, 0.25) is 0 Å². The summed E-state index contributed by atoms with van der Waals surface area (Å²) in [6, 6.07) is 8.39. The summed E-state index contributed by atoms with van der Waals surface area (Å²) < 4.78 is 8.95. The Labute approximate surface area is 105 Å². The fraction of sp³-hybridized carbons (Fsp3) is 0.200. The van der Waals surface area contributed by atoms with E-state index in [0.29, 0.717) is 5.69 Å². The molecule has 2 N–H and O–H groups in total. The van der Waals surface area contributed by atoms with Gasteiger partial charge in [-0.1, -0.05) is 18.2 Å². The third-order valence-corrected chi connectivity index (χ3v) is 1.73. The second-order valence-corrected chi connectivity index (χ2v) is 2.75. The number of imide groups is 1. The number of benzene rings is 1. The van der Waals surface area contributed by atoms with Gasteiger partial charge in [0.1, 0.15) is 0 Å². The lowest BCUT2D eigenvalue weighted by Crippen LogP contribution is -2.36. The van der Waals surface area contributed by atoms with E-state index in [1.54, 1.807) is 30.3 Å². The maximum Gasteiger partial charge on any atom is 0.432 e. The van der Waals surface area contributed by atoms with Crippen LogP contribution >= 0.6 is 0 Å². The first-order valence-electron chi connectivity index (χ1n) is 4.85. The number of hydrogen-bond donors (Lipinski definition) is 2. The van der Waals surface area contributed by atoms with Crippen LogP contribution < -0.4 is 4.90 Å². The van der Waals surface area contributed by atoms with Crippen LogP contribution in [0.3, 0.4) is 0 Å². The van der Waals surface area contributed by atoms with Crippen molar-refractivity contribution in [2.24, 2.45) is 0 Å². The van der Waals surface area contributed by atoms with Gasteiger partial charge >= 0.3 is 19.9 Å². The van der Waals surface area contributed by atoms with Crippen molar-refractivity contribution in [2.45, 2.75) is 0 Å². The fourth-order valence-corrected chi connectivity index (χ4v) is 1.04. The fourth-order valence-electron chi connectivity index (χ4n) is 1.04. The topological polar surface area (TPSA) is 96.3 Å². The van der Waals surface area contributed by atoms with Crippen LogP contribution in [0, 0.1) is 0 Å². The van der Waals surface area contributed by atoms with Crippen LogP contribution in [0.15, 0.2) is 30.3 Å². The van der Waals surface area contributed by atoms with Crippen molar-refractivity contribution in [3.63, 3.8) is 0 Å². The number of rotatable bonds is 1. The van der Waals surface area contributed by atoms with Crippen LogP contribution in [0.1, 0.15) is 0 Å². The molecule has 0 radical (unpaired) electrons. The minimum absolute atomic E-state index is 0.399. The van der Waals surface area contributed by atoms with E-state index in [1.807, 2.05) is 0 Å². The van der Waals surface area contributed by atoms with Gasteiger partial charge in [0.25, 0.3) is 0 Å². The Morgan fingerprint density at radius 3 is 1.78 bits per heavy atom. The molecule has 0 aliphatic heterocycles. The summed E-state index contributed by atoms with van der Waals surface area (Å²) in [6.07, 6.45) is -1.57. The second-order valence-electron chi connectivity index (χ2n) is 2.75. The average Bonchev–Trinajstić information content (AvgIpc) is 2.40. The summed E-state index contributed by atoms with van der Waals surface area (Å²) in [6.45, 7) is 0. The summed E-state index contributed by atoms with van der Waals surface area (Å²) in [4.78, 5) is 23.4. The maximum absolute atomic E-state index is 11.3. The smallest absolute Gasteiger partial charge is 0.432 e. The summed E-state index contributed by atoms with van der Waals surface area (Å²) in [7, 11) is 1.64. The van der Waals surface area contributed by atoms with Crippen molar-refractivity contribution >= 4 is 25.6 Å². The number of carbonyl (C=O) groups excluding carboxylic acids is 2. The Balaban J connectivity index is 0.000000873. The van der Waals surface area contributed by atoms with E-state index in [4.69, 9.17) is 10.0 Å². The lowest BCUT2D eigenvalue weighted by molar-refractivity contribution is 0.159. The quantitative estimate of drug-likeness (QED) is 0.699. The van der Waals surface area contributed by atoms with Crippen molar-refractivity contribution in [3.05, 3.63) is 30.3 Å². The highest BCUT2D eigenvalue weighted by Crippen LogP contribution is 2.15. The van der Waals surface area contributed by atoms with Crippen LogP contribution in [0.5, 0.6) is 0 Å². The molecule has 1 aromatic rings. The van der Waals surface area contributed by atoms with Gasteiger partial charge in [0.2, 0.25) is 0 Å². The van der Waals surface area contributed by atoms with Crippen LogP contribution in [0.25, 0.3) is 0 Å². The van der Waals surface area contributed by atoms with Gasteiger partial charge in [-0.3, -0.25) is 0 Å². The molecule has 0 unspecified atom stereocenters. The number of amides is 2. The van der Waals surface area contributed by atoms with Crippen molar-refractivity contribution in [3.8, 4) is 0 Å². The third kappa shape index (κ3) is 4.85. The number of para-hydroxylation sites is 1. The number of methoxy groups -OCH3 is 2. The van der Waals surface area contributed by atoms with E-state index in [1.165, 1.54) is 14.2 Å². The van der Waals surface area contributed by atoms with E-state index in [-0.39, 0.29) is 0 Å². The van der Waals surface area contributed by atoms with E-state index >= 15 is 0 Å². The molecule has 0 atom stereocenters. The first kappa shape index (κ1) is 15.9. The maximum atomic E-state index is 11.3. The number of nitrogens with zero attached hydrogens (tertiary/aromatic N) is 1. The SMILES string of the molecule is COC(=O)N(C(=O)OC)c1ccccc1.OBO. The molecule has 0 aliphatic carbocycles. The normalized spacial score (nSPS) is 8.44. The minimum Gasteiger partial charge on any atom is -0.452 e. The Morgan fingerprint density at radius 1 is 1.06 bits per heavy atom. The molecule has 1 aromatic carbocycles. The first-order valence-corrected chi connectivity index (χ1v) is 4.85. The number of carbonyl (C=O) groups is 2. The van der Waals surface area contributed by atoms with E-state index in [9.17, 15) is 9.59 Å². The molecule has 0 aliphatic rings. The predicted octanol–water partition coefficient (Wildman–Crippen LogP) is 0.263. The standard InChI is InChI=1S/C10H11NO4.BH3O2/c1-14-9(12)11(10(13)15-2)8-6-4-3-5-7-8;2-1-3/h3-7H,1-2H3;1-3H. The van der Waals surface area contributed by atoms with Crippen molar-refractivity contribution in [1.82, 2.24) is 0 Å². The molecular formula is C10H14BNO6. The monoisotopic (exact) mass is 255 g/mol. The van der Waals surface area contributed by atoms with E-state index in [0.717, 1.165) is 4.90 Å². The highest BCUT2D eigenvalue weighted by Gasteiger charge is 2.24. The van der Waals surface area contributed by atoms with Gasteiger partial charge < -0.3 is 19.5 Å². The second kappa shape index (κ2) is 9.02. The van der Waals surface area contributed by atoms with Gasteiger partial charge in [-0.05, 0) is 12.1 Å². The summed E-state index contributed by atoms with van der Waals surface area (Å²) >= 11 is 0. The zero-order valence-electron chi connectivity index (χ0n) is 10.1. The number of hydrogen-bond acceptors (Lipinski definition) is 6. The molecule has 2 amide bonds. The molecule has 7 nitrogen and oxygen atoms in total. The molecule has 0 fully saturated rings. The highest BCUT2D eigenvalue weighted by atomic mass is 16.6. The predicted molar refractivity (Wildman–Crippen MR) is 65.3 cm³/mol. The van der Waals surface area contributed by atoms with Gasteiger partial charge in [-0.15, -0.1) is 0 Å². The van der Waals surface area contributed by atoms with Crippen molar-refractivity contribution < 1.29 is 29.1 Å². The molecule has 0 saturated carbocycles. The zero-order chi connectivity index (χ0) is 14.0. The zero-order valence-corrected chi connectivity index (χ0v) is 10.1. The molecule has 18 heavy (non-hydrogen) atoms. The van der Waals surface area contributed by atoms with E-state index in [2.05, 4.69) is 9.47 Å². The van der Waals surface area contributed by atoms with Gasteiger partial charge in [-0.2, -0.15) is 4.90 Å². The molecule has 0 aromatic heterocycles. The van der Waals surface area contributed by atoms with Crippen LogP contribution in [0.4, 0.5) is 15.3 Å². The Morgan fingerprint density at radius 2 is 1.44 bits per heavy atom. The lowest BCUT2D eigenvalue weighted by Gasteiger charge is -2.17. The average molecular weight is 255 g/mol. The summed E-state index contributed by atoms with van der Waals surface area (Å²) in [5.74, 6) is 0. The molecule has 98 valence electrons. The van der Waals surface area contributed by atoms with Gasteiger partial charge in [0, 0.05) is 0 Å². The Kier molecular flexibility index (Phi) is 7.99. The molecule has 0 spiro atoms. The third-order valence-electron chi connectivity index (χ3n) is 1.73. The van der Waals surface area contributed by atoms with Crippen molar-refractivity contribution in [1.29, 1.82) is 0 Å². The van der Waals surface area contributed by atoms with Crippen molar-refractivity contribution in [2.75, 3.05) is 19.1 Å². The Bertz CT molecular complexity index is 356. The van der Waals surface area contributed by atoms with Gasteiger partial charge in [0.15, 0.2) is 0 Å². The van der Waals surface area contributed by atoms with Gasteiger partial charge in [-0.25, -0.2) is 9.59 Å². The lowest BCUT2D eigenvalue weighted by atomic mass is 10.3.